The van der Waals surface area contributed by atoms with E-state index in [1.807, 2.05) is 71.4 Å². The Morgan fingerprint density at radius 1 is 1.10 bits per heavy atom. The van der Waals surface area contributed by atoms with Crippen molar-refractivity contribution in [1.29, 1.82) is 0 Å². The monoisotopic (exact) mass is 397 g/mol. The second-order valence-corrected chi connectivity index (χ2v) is 7.65. The fourth-order valence-electron chi connectivity index (χ4n) is 4.13. The zero-order chi connectivity index (χ0) is 20.3. The van der Waals surface area contributed by atoms with E-state index in [1.165, 1.54) is 5.56 Å². The molecular weight excluding hydrogens is 374 g/mol. The Bertz CT molecular complexity index is 1160. The highest BCUT2D eigenvalue weighted by Crippen LogP contribution is 2.32. The summed E-state index contributed by atoms with van der Waals surface area (Å²) < 4.78 is 7.89. The number of nitrogens with one attached hydrogen (secondary N) is 1. The number of hydrogen-bond donors (Lipinski definition) is 1. The Morgan fingerprint density at radius 3 is 2.93 bits per heavy atom. The molecule has 1 atom stereocenters. The van der Waals surface area contributed by atoms with Gasteiger partial charge in [-0.15, -0.1) is 0 Å². The van der Waals surface area contributed by atoms with Gasteiger partial charge in [-0.1, -0.05) is 36.4 Å². The van der Waals surface area contributed by atoms with Crippen LogP contribution in [-0.4, -0.2) is 15.3 Å². The quantitative estimate of drug-likeness (QED) is 0.517. The van der Waals surface area contributed by atoms with Crippen molar-refractivity contribution in [3.63, 3.8) is 0 Å². The number of carbonyl (C=O) groups is 1. The van der Waals surface area contributed by atoms with Crippen LogP contribution < -0.4 is 10.1 Å². The van der Waals surface area contributed by atoms with Gasteiger partial charge in [0.05, 0.1) is 11.6 Å². The van der Waals surface area contributed by atoms with Crippen LogP contribution in [0.25, 0.3) is 5.65 Å². The number of imidazole rings is 1. The van der Waals surface area contributed by atoms with Crippen molar-refractivity contribution in [2.45, 2.75) is 31.8 Å². The summed E-state index contributed by atoms with van der Waals surface area (Å²) >= 11 is 0. The third-order valence-electron chi connectivity index (χ3n) is 5.59. The molecule has 4 aromatic rings. The molecule has 5 rings (SSSR count). The van der Waals surface area contributed by atoms with Gasteiger partial charge < -0.3 is 14.5 Å². The molecule has 2 aromatic heterocycles. The van der Waals surface area contributed by atoms with E-state index in [0.29, 0.717) is 12.4 Å². The van der Waals surface area contributed by atoms with Gasteiger partial charge in [0.25, 0.3) is 0 Å². The fourth-order valence-corrected chi connectivity index (χ4v) is 4.13. The van der Waals surface area contributed by atoms with Gasteiger partial charge in [-0.2, -0.15) is 0 Å². The minimum Gasteiger partial charge on any atom is -0.487 e. The zero-order valence-electron chi connectivity index (χ0n) is 16.6. The van der Waals surface area contributed by atoms with E-state index in [-0.39, 0.29) is 11.8 Å². The summed E-state index contributed by atoms with van der Waals surface area (Å²) in [5, 5.41) is 3.07. The predicted molar refractivity (Wildman–Crippen MR) is 117 cm³/mol. The summed E-state index contributed by atoms with van der Waals surface area (Å²) in [5.74, 6) is 0.644. The second-order valence-electron chi connectivity index (χ2n) is 7.65. The molecule has 5 heteroatoms. The average molecular weight is 397 g/mol. The molecule has 0 saturated heterocycles. The van der Waals surface area contributed by atoms with Crippen LogP contribution in [0.2, 0.25) is 0 Å². The maximum atomic E-state index is 13.0. The first-order valence-electron chi connectivity index (χ1n) is 10.3. The fraction of sp³-hybridized carbons (Fsp3) is 0.200. The number of rotatable bonds is 5. The molecule has 0 bridgehead atoms. The second kappa shape index (κ2) is 8.03. The summed E-state index contributed by atoms with van der Waals surface area (Å²) in [6.45, 7) is 0.370. The predicted octanol–water partition coefficient (Wildman–Crippen LogP) is 4.97. The van der Waals surface area contributed by atoms with Crippen LogP contribution >= 0.6 is 0 Å². The molecular formula is C25H23N3O2. The summed E-state index contributed by atoms with van der Waals surface area (Å²) in [6.07, 6.45) is 6.89. The third kappa shape index (κ3) is 3.79. The molecule has 0 saturated carbocycles. The first-order chi connectivity index (χ1) is 14.8. The molecule has 150 valence electrons. The lowest BCUT2D eigenvalue weighted by Gasteiger charge is -2.24. The summed E-state index contributed by atoms with van der Waals surface area (Å²) in [7, 11) is 0. The van der Waals surface area contributed by atoms with E-state index in [0.717, 1.165) is 41.9 Å². The minimum atomic E-state index is -0.0995. The van der Waals surface area contributed by atoms with Crippen molar-refractivity contribution < 1.29 is 9.53 Å². The van der Waals surface area contributed by atoms with Gasteiger partial charge in [0, 0.05) is 24.1 Å². The van der Waals surface area contributed by atoms with Crippen LogP contribution in [-0.2, 0) is 17.8 Å². The van der Waals surface area contributed by atoms with Gasteiger partial charge in [-0.3, -0.25) is 4.79 Å². The van der Waals surface area contributed by atoms with Crippen LogP contribution in [0.5, 0.6) is 5.75 Å². The molecule has 1 N–H and O–H groups in total. The summed E-state index contributed by atoms with van der Waals surface area (Å²) in [5.41, 5.74) is 4.93. The van der Waals surface area contributed by atoms with E-state index in [9.17, 15) is 4.79 Å². The van der Waals surface area contributed by atoms with Gasteiger partial charge in [-0.25, -0.2) is 4.98 Å². The molecule has 0 aliphatic heterocycles. The molecule has 1 aliphatic rings. The van der Waals surface area contributed by atoms with Gasteiger partial charge in [0.2, 0.25) is 5.91 Å². The average Bonchev–Trinajstić information content (AvgIpc) is 3.21. The van der Waals surface area contributed by atoms with Gasteiger partial charge in [0.15, 0.2) is 0 Å². The lowest BCUT2D eigenvalue weighted by molar-refractivity contribution is -0.117. The molecule has 2 aromatic carbocycles. The van der Waals surface area contributed by atoms with Crippen molar-refractivity contribution in [2.24, 2.45) is 0 Å². The normalized spacial score (nSPS) is 15.5. The highest BCUT2D eigenvalue weighted by molar-refractivity contribution is 5.96. The minimum absolute atomic E-state index is 0.0413. The maximum Gasteiger partial charge on any atom is 0.231 e. The molecule has 0 radical (unpaired) electrons. The molecule has 1 amide bonds. The van der Waals surface area contributed by atoms with Crippen molar-refractivity contribution in [2.75, 3.05) is 5.32 Å². The molecule has 5 nitrogen and oxygen atoms in total. The van der Waals surface area contributed by atoms with Crippen LogP contribution in [0, 0.1) is 0 Å². The third-order valence-corrected chi connectivity index (χ3v) is 5.59. The largest absolute Gasteiger partial charge is 0.487 e. The Labute approximate surface area is 175 Å². The maximum absolute atomic E-state index is 13.0. The molecule has 0 fully saturated rings. The first-order valence-corrected chi connectivity index (χ1v) is 10.3. The van der Waals surface area contributed by atoms with Crippen molar-refractivity contribution >= 4 is 17.2 Å². The Kier molecular flexibility index (Phi) is 4.93. The van der Waals surface area contributed by atoms with Crippen LogP contribution in [0.15, 0.2) is 79.1 Å². The first kappa shape index (κ1) is 18.4. The van der Waals surface area contributed by atoms with E-state index >= 15 is 0 Å². The van der Waals surface area contributed by atoms with Crippen LogP contribution in [0.4, 0.5) is 5.69 Å². The Hall–Kier alpha value is -3.60. The smallest absolute Gasteiger partial charge is 0.231 e. The number of aromatic nitrogens is 2. The number of nitrogens with zero attached hydrogens (tertiary/aromatic N) is 2. The van der Waals surface area contributed by atoms with Crippen LogP contribution in [0.1, 0.15) is 35.6 Å². The topological polar surface area (TPSA) is 55.6 Å². The number of anilines is 1. The Balaban J connectivity index is 1.26. The number of benzene rings is 2. The lowest BCUT2D eigenvalue weighted by Crippen LogP contribution is -2.24. The molecule has 30 heavy (non-hydrogen) atoms. The lowest BCUT2D eigenvalue weighted by atomic mass is 9.82. The molecule has 2 heterocycles. The number of ether oxygens (including phenoxy) is 1. The molecule has 0 spiro atoms. The molecule has 1 aliphatic carbocycles. The number of amides is 1. The van der Waals surface area contributed by atoms with Crippen molar-refractivity contribution in [3.8, 4) is 5.75 Å². The van der Waals surface area contributed by atoms with E-state index in [1.54, 1.807) is 0 Å². The SMILES string of the molecule is O=C(Nc1cccc(OCc2cn3ccccc3n2)c1)C1CCCc2ccccc21. The Morgan fingerprint density at radius 2 is 2.00 bits per heavy atom. The van der Waals surface area contributed by atoms with Gasteiger partial charge >= 0.3 is 0 Å². The highest BCUT2D eigenvalue weighted by Gasteiger charge is 2.26. The van der Waals surface area contributed by atoms with E-state index in [2.05, 4.69) is 22.4 Å². The van der Waals surface area contributed by atoms with Crippen molar-refractivity contribution in [1.82, 2.24) is 9.38 Å². The van der Waals surface area contributed by atoms with Gasteiger partial charge in [0.1, 0.15) is 18.0 Å². The number of fused-ring (bicyclic) bond motifs is 2. The van der Waals surface area contributed by atoms with Crippen LogP contribution in [0.3, 0.4) is 0 Å². The number of carbonyl (C=O) groups excluding carboxylic acids is 1. The number of hydrogen-bond acceptors (Lipinski definition) is 3. The number of aryl methyl sites for hydroxylation is 1. The van der Waals surface area contributed by atoms with Crippen molar-refractivity contribution in [3.05, 3.63) is 95.9 Å². The molecule has 1 unspecified atom stereocenters. The zero-order valence-corrected chi connectivity index (χ0v) is 16.6. The summed E-state index contributed by atoms with van der Waals surface area (Å²) in [4.78, 5) is 17.5. The number of pyridine rings is 1. The highest BCUT2D eigenvalue weighted by atomic mass is 16.5. The standard InChI is InChI=1S/C25H23N3O2/c29-25(23-12-5-8-18-7-1-2-11-22(18)23)27-19-9-6-10-21(15-19)30-17-20-16-28-14-4-3-13-24(28)26-20/h1-4,6-7,9-11,13-16,23H,5,8,12,17H2,(H,27,29). The van der Waals surface area contributed by atoms with Gasteiger partial charge in [-0.05, 0) is 54.7 Å². The van der Waals surface area contributed by atoms with E-state index in [4.69, 9.17) is 4.74 Å². The summed E-state index contributed by atoms with van der Waals surface area (Å²) in [6, 6.07) is 21.7. The van der Waals surface area contributed by atoms with E-state index < -0.39 is 0 Å².